The van der Waals surface area contributed by atoms with Crippen LogP contribution in [0.25, 0.3) is 5.69 Å². The summed E-state index contributed by atoms with van der Waals surface area (Å²) in [7, 11) is 0. The summed E-state index contributed by atoms with van der Waals surface area (Å²) in [6.07, 6.45) is 11.4. The van der Waals surface area contributed by atoms with Gasteiger partial charge in [0.15, 0.2) is 12.4 Å². The van der Waals surface area contributed by atoms with Crippen molar-refractivity contribution in [3.05, 3.63) is 67.2 Å². The number of hydrogen-bond acceptors (Lipinski definition) is 9. The Hall–Kier alpha value is -4.56. The standard InChI is InChI=1S/C18H17FN4O2S.C15H14Cl2N2O3/c1-4-5-22-13-7-12(11(19)6-14(13)25-9-16(22)24)20-17-23-10-18(2,3)8-15(23)21-26-17;1-5-6-21-12-8-11(9(16)7-10(12)17)19-14(20)22-13(18-19)15(2,3)4/h1,6-7H,5,8-10H2,2-3H3;1,7-8H,6H2,2-4H3/b20-17-;. The summed E-state index contributed by atoms with van der Waals surface area (Å²) in [5.74, 6) is 5.23. The Kier molecular flexibility index (Phi) is 9.79. The largest absolute Gasteiger partial charge is 0.481 e. The Bertz CT molecular complexity index is 2110. The Morgan fingerprint density at radius 2 is 1.88 bits per heavy atom. The first-order valence-electron chi connectivity index (χ1n) is 14.6. The number of rotatable bonds is 5. The van der Waals surface area contributed by atoms with Crippen LogP contribution in [0, 0.1) is 35.9 Å². The first-order chi connectivity index (χ1) is 22.6. The molecule has 2 aliphatic heterocycles. The van der Waals surface area contributed by atoms with Gasteiger partial charge in [-0.05, 0) is 17.5 Å². The minimum Gasteiger partial charge on any atom is -0.481 e. The van der Waals surface area contributed by atoms with Crippen molar-refractivity contribution in [2.75, 3.05) is 24.7 Å². The van der Waals surface area contributed by atoms with Crippen molar-refractivity contribution in [1.82, 2.24) is 18.7 Å². The number of ether oxygens (including phenoxy) is 2. The van der Waals surface area contributed by atoms with Crippen molar-refractivity contribution in [1.29, 1.82) is 0 Å². The molecule has 0 unspecified atom stereocenters. The van der Waals surface area contributed by atoms with E-state index in [4.69, 9.17) is 49.9 Å². The van der Waals surface area contributed by atoms with Crippen molar-refractivity contribution >= 4 is 52.0 Å². The fraction of sp³-hybridized carbons (Fsp3) is 0.364. The number of terminal acetylenes is 2. The van der Waals surface area contributed by atoms with Crippen molar-refractivity contribution < 1.29 is 23.1 Å². The number of amides is 1. The fourth-order valence-electron chi connectivity index (χ4n) is 4.89. The molecule has 0 radical (unpaired) electrons. The Labute approximate surface area is 290 Å². The second-order valence-corrected chi connectivity index (χ2v) is 14.3. The normalized spacial score (nSPS) is 15.1. The number of benzene rings is 2. The van der Waals surface area contributed by atoms with Crippen LogP contribution in [0.3, 0.4) is 0 Å². The summed E-state index contributed by atoms with van der Waals surface area (Å²) in [4.78, 5) is 30.6. The van der Waals surface area contributed by atoms with Gasteiger partial charge in [-0.25, -0.2) is 14.2 Å². The van der Waals surface area contributed by atoms with E-state index in [1.54, 1.807) is 0 Å². The zero-order valence-corrected chi connectivity index (χ0v) is 29.1. The predicted molar refractivity (Wildman–Crippen MR) is 181 cm³/mol. The zero-order chi connectivity index (χ0) is 35.0. The average molecular weight is 714 g/mol. The molecule has 0 aliphatic carbocycles. The summed E-state index contributed by atoms with van der Waals surface area (Å²) in [6.45, 7) is 10.7. The lowest BCUT2D eigenvalue weighted by Crippen LogP contribution is -2.39. The van der Waals surface area contributed by atoms with Crippen LogP contribution in [-0.2, 0) is 23.2 Å². The van der Waals surface area contributed by atoms with E-state index >= 15 is 0 Å². The molecule has 15 heteroatoms. The molecule has 0 spiro atoms. The highest BCUT2D eigenvalue weighted by atomic mass is 35.5. The van der Waals surface area contributed by atoms with Gasteiger partial charge in [0.1, 0.15) is 29.6 Å². The number of carbonyl (C=O) groups is 1. The molecule has 4 aromatic rings. The number of aromatic nitrogens is 4. The van der Waals surface area contributed by atoms with Crippen LogP contribution < -0.4 is 24.9 Å². The molecule has 6 rings (SSSR count). The zero-order valence-electron chi connectivity index (χ0n) is 26.8. The number of fused-ring (bicyclic) bond motifs is 2. The van der Waals surface area contributed by atoms with E-state index in [0.717, 1.165) is 23.5 Å². The van der Waals surface area contributed by atoms with Crippen LogP contribution >= 0.6 is 34.7 Å². The lowest BCUT2D eigenvalue weighted by Gasteiger charge is -2.28. The monoisotopic (exact) mass is 712 g/mol. The van der Waals surface area contributed by atoms with Gasteiger partial charge in [-0.3, -0.25) is 9.69 Å². The number of hydrogen-bond donors (Lipinski definition) is 0. The summed E-state index contributed by atoms with van der Waals surface area (Å²) in [5, 5.41) is 4.71. The van der Waals surface area contributed by atoms with Gasteiger partial charge in [0.2, 0.25) is 10.7 Å². The van der Waals surface area contributed by atoms with Crippen LogP contribution in [-0.4, -0.2) is 44.4 Å². The maximum atomic E-state index is 14.5. The third-order valence-corrected chi connectivity index (χ3v) is 8.54. The van der Waals surface area contributed by atoms with E-state index < -0.39 is 17.0 Å². The molecule has 11 nitrogen and oxygen atoms in total. The van der Waals surface area contributed by atoms with Crippen molar-refractivity contribution in [3.8, 4) is 41.9 Å². The molecule has 4 heterocycles. The highest BCUT2D eigenvalue weighted by molar-refractivity contribution is 7.02. The van der Waals surface area contributed by atoms with Gasteiger partial charge in [0.05, 0.1) is 28.0 Å². The Morgan fingerprint density at radius 3 is 2.54 bits per heavy atom. The summed E-state index contributed by atoms with van der Waals surface area (Å²) in [6, 6.07) is 5.71. The molecule has 0 saturated heterocycles. The van der Waals surface area contributed by atoms with Gasteiger partial charge >= 0.3 is 5.76 Å². The molecule has 250 valence electrons. The topological polar surface area (TPSA) is 117 Å². The molecule has 2 aromatic heterocycles. The quantitative estimate of drug-likeness (QED) is 0.244. The molecule has 0 bridgehead atoms. The van der Waals surface area contributed by atoms with Gasteiger partial charge in [-0.1, -0.05) is 69.7 Å². The molecule has 1 amide bonds. The minimum atomic E-state index is -0.642. The van der Waals surface area contributed by atoms with Crippen LogP contribution in [0.1, 0.15) is 46.3 Å². The molecule has 2 aromatic carbocycles. The lowest BCUT2D eigenvalue weighted by molar-refractivity contribution is -0.121. The van der Waals surface area contributed by atoms with Gasteiger partial charge in [-0.2, -0.15) is 9.06 Å². The SMILES string of the molecule is C#CCN1C(=O)COc2cc(F)c(/N=c3\snc4n3CC(C)(C)C4)cc21.C#CCOc1cc(-n2nc(C(C)(C)C)oc2=O)c(Cl)cc1Cl. The van der Waals surface area contributed by atoms with Gasteiger partial charge in [0, 0.05) is 42.0 Å². The number of anilines is 1. The number of halogens is 3. The van der Waals surface area contributed by atoms with Crippen LogP contribution in [0.15, 0.2) is 38.5 Å². The minimum absolute atomic E-state index is 0.0434. The molecule has 2 aliphatic rings. The molecule has 0 saturated carbocycles. The van der Waals surface area contributed by atoms with E-state index in [2.05, 4.69) is 40.2 Å². The van der Waals surface area contributed by atoms with E-state index in [-0.39, 0.29) is 46.8 Å². The molecule has 0 atom stereocenters. The summed E-state index contributed by atoms with van der Waals surface area (Å²) >= 11 is 13.4. The first-order valence-corrected chi connectivity index (χ1v) is 16.1. The van der Waals surface area contributed by atoms with E-state index in [1.807, 2.05) is 25.3 Å². The third kappa shape index (κ3) is 7.29. The smallest absolute Gasteiger partial charge is 0.442 e. The van der Waals surface area contributed by atoms with Crippen molar-refractivity contribution in [2.24, 2.45) is 10.4 Å². The summed E-state index contributed by atoms with van der Waals surface area (Å²) in [5.41, 5.74) is 0.575. The van der Waals surface area contributed by atoms with Gasteiger partial charge in [0.25, 0.3) is 5.91 Å². The summed E-state index contributed by atoms with van der Waals surface area (Å²) < 4.78 is 37.9. The van der Waals surface area contributed by atoms with E-state index in [1.165, 1.54) is 40.7 Å². The highest BCUT2D eigenvalue weighted by Gasteiger charge is 2.31. The molecule has 48 heavy (non-hydrogen) atoms. The molecular formula is C33H31Cl2FN6O5S. The Morgan fingerprint density at radius 1 is 1.12 bits per heavy atom. The van der Waals surface area contributed by atoms with E-state index in [9.17, 15) is 14.0 Å². The van der Waals surface area contributed by atoms with Gasteiger partial charge < -0.3 is 18.5 Å². The fourth-order valence-corrected chi connectivity index (χ4v) is 6.17. The predicted octanol–water partition coefficient (Wildman–Crippen LogP) is 5.70. The second kappa shape index (κ2) is 13.5. The Balaban J connectivity index is 0.000000191. The molecule has 0 N–H and O–H groups in total. The third-order valence-electron chi connectivity index (χ3n) is 7.16. The maximum Gasteiger partial charge on any atom is 0.442 e. The molecule has 0 fully saturated rings. The van der Waals surface area contributed by atoms with Gasteiger partial charge in [-0.15, -0.1) is 17.9 Å². The van der Waals surface area contributed by atoms with Crippen molar-refractivity contribution in [3.63, 3.8) is 0 Å². The lowest BCUT2D eigenvalue weighted by atomic mass is 9.92. The van der Waals surface area contributed by atoms with Crippen LogP contribution in [0.5, 0.6) is 11.5 Å². The number of nitrogens with zero attached hydrogens (tertiary/aromatic N) is 6. The van der Waals surface area contributed by atoms with Crippen LogP contribution in [0.2, 0.25) is 10.0 Å². The van der Waals surface area contributed by atoms with Crippen molar-refractivity contribution in [2.45, 2.75) is 53.0 Å². The maximum absolute atomic E-state index is 14.5. The second-order valence-electron chi connectivity index (χ2n) is 12.7. The van der Waals surface area contributed by atoms with Crippen LogP contribution in [0.4, 0.5) is 15.8 Å². The van der Waals surface area contributed by atoms with E-state index in [0.29, 0.717) is 33.6 Å². The highest BCUT2D eigenvalue weighted by Crippen LogP contribution is 2.38. The first kappa shape index (κ1) is 34.8. The molecular weight excluding hydrogens is 682 g/mol. The average Bonchev–Trinajstić information content (AvgIpc) is 3.67. The number of carbonyl (C=O) groups excluding carboxylic acids is 1.